The van der Waals surface area contributed by atoms with Crippen molar-refractivity contribution in [2.75, 3.05) is 27.2 Å². The number of ether oxygens (including phenoxy) is 1. The second kappa shape index (κ2) is 6.02. The van der Waals surface area contributed by atoms with Crippen LogP contribution < -0.4 is 4.74 Å². The Morgan fingerprint density at radius 3 is 2.94 bits per heavy atom. The van der Waals surface area contributed by atoms with E-state index in [0.717, 1.165) is 13.0 Å². The third-order valence-corrected chi connectivity index (χ3v) is 1.93. The summed E-state index contributed by atoms with van der Waals surface area (Å²) >= 11 is 0. The molecule has 88 valence electrons. The van der Waals surface area contributed by atoms with E-state index in [1.165, 1.54) is 6.20 Å². The molecule has 1 aromatic rings. The molecular weight excluding hydrogens is 210 g/mol. The predicted molar refractivity (Wildman–Crippen MR) is 59.6 cm³/mol. The van der Waals surface area contributed by atoms with Gasteiger partial charge in [-0.05, 0) is 42.6 Å². The molecule has 6 heteroatoms. The highest BCUT2D eigenvalue weighted by atomic mass is 16.6. The van der Waals surface area contributed by atoms with Gasteiger partial charge >= 0.3 is 5.82 Å². The van der Waals surface area contributed by atoms with Crippen molar-refractivity contribution >= 4 is 5.82 Å². The van der Waals surface area contributed by atoms with E-state index in [2.05, 4.69) is 4.98 Å². The summed E-state index contributed by atoms with van der Waals surface area (Å²) in [5, 5.41) is 10.6. The lowest BCUT2D eigenvalue weighted by molar-refractivity contribution is -0.390. The molecule has 0 aliphatic carbocycles. The Balaban J connectivity index is 2.50. The molecule has 0 aromatic carbocycles. The van der Waals surface area contributed by atoms with E-state index in [-0.39, 0.29) is 11.6 Å². The van der Waals surface area contributed by atoms with Crippen LogP contribution in [-0.4, -0.2) is 42.1 Å². The molecular formula is C10H15N3O3. The molecule has 6 nitrogen and oxygen atoms in total. The molecule has 0 unspecified atom stereocenters. The average Bonchev–Trinajstić information content (AvgIpc) is 2.24. The smallest absolute Gasteiger partial charge is 0.406 e. The van der Waals surface area contributed by atoms with E-state index >= 15 is 0 Å². The highest BCUT2D eigenvalue weighted by Gasteiger charge is 2.14. The van der Waals surface area contributed by atoms with E-state index in [0.29, 0.717) is 6.61 Å². The first-order valence-corrected chi connectivity index (χ1v) is 4.98. The van der Waals surface area contributed by atoms with Gasteiger partial charge in [-0.2, -0.15) is 0 Å². The normalized spacial score (nSPS) is 10.4. The zero-order valence-electron chi connectivity index (χ0n) is 9.42. The van der Waals surface area contributed by atoms with E-state index in [9.17, 15) is 10.1 Å². The molecule has 16 heavy (non-hydrogen) atoms. The molecule has 0 saturated carbocycles. The number of aromatic nitrogens is 1. The zero-order chi connectivity index (χ0) is 12.0. The molecule has 0 fully saturated rings. The molecule has 1 rings (SSSR count). The fraction of sp³-hybridized carbons (Fsp3) is 0.500. The third kappa shape index (κ3) is 3.82. The van der Waals surface area contributed by atoms with Crippen molar-refractivity contribution < 1.29 is 9.66 Å². The van der Waals surface area contributed by atoms with Crippen LogP contribution in [0.5, 0.6) is 5.75 Å². The SMILES string of the molecule is CN(C)CCCOc1cccnc1[N+](=O)[O-]. The van der Waals surface area contributed by atoms with Crippen molar-refractivity contribution in [1.29, 1.82) is 0 Å². The Hall–Kier alpha value is -1.69. The van der Waals surface area contributed by atoms with Crippen molar-refractivity contribution in [3.05, 3.63) is 28.4 Å². The van der Waals surface area contributed by atoms with Gasteiger partial charge in [0, 0.05) is 6.54 Å². The fourth-order valence-electron chi connectivity index (χ4n) is 1.19. The Labute approximate surface area is 94.0 Å². The predicted octanol–water partition coefficient (Wildman–Crippen LogP) is 1.32. The summed E-state index contributed by atoms with van der Waals surface area (Å²) in [5.41, 5.74) is 0. The average molecular weight is 225 g/mol. The van der Waals surface area contributed by atoms with Crippen molar-refractivity contribution in [2.24, 2.45) is 0 Å². The molecule has 0 saturated heterocycles. The van der Waals surface area contributed by atoms with Crippen LogP contribution in [0, 0.1) is 10.1 Å². The molecule has 0 aliphatic rings. The molecule has 0 N–H and O–H groups in total. The lowest BCUT2D eigenvalue weighted by Crippen LogP contribution is -2.15. The van der Waals surface area contributed by atoms with Crippen LogP contribution in [0.3, 0.4) is 0 Å². The highest BCUT2D eigenvalue weighted by molar-refractivity contribution is 5.38. The van der Waals surface area contributed by atoms with Gasteiger partial charge in [0.2, 0.25) is 5.75 Å². The summed E-state index contributed by atoms with van der Waals surface area (Å²) in [6.07, 6.45) is 2.20. The van der Waals surface area contributed by atoms with Gasteiger partial charge in [-0.1, -0.05) is 0 Å². The van der Waals surface area contributed by atoms with Crippen LogP contribution in [0.1, 0.15) is 6.42 Å². The van der Waals surface area contributed by atoms with E-state index < -0.39 is 4.92 Å². The summed E-state index contributed by atoms with van der Waals surface area (Å²) in [7, 11) is 3.93. The van der Waals surface area contributed by atoms with Gasteiger partial charge in [0.15, 0.2) is 0 Å². The van der Waals surface area contributed by atoms with Gasteiger partial charge in [0.1, 0.15) is 6.20 Å². The topological polar surface area (TPSA) is 68.5 Å². The quantitative estimate of drug-likeness (QED) is 0.415. The summed E-state index contributed by atoms with van der Waals surface area (Å²) in [5.74, 6) is -0.00129. The minimum atomic E-state index is -0.540. The second-order valence-corrected chi connectivity index (χ2v) is 3.59. The Bertz CT molecular complexity index is 355. The molecule has 0 amide bonds. The van der Waals surface area contributed by atoms with Gasteiger partial charge in [0.25, 0.3) is 0 Å². The number of rotatable bonds is 6. The molecule has 0 bridgehead atoms. The van der Waals surface area contributed by atoms with E-state index in [1.807, 2.05) is 19.0 Å². The Morgan fingerprint density at radius 2 is 2.31 bits per heavy atom. The minimum absolute atomic E-state index is 0.228. The van der Waals surface area contributed by atoms with Crippen LogP contribution >= 0.6 is 0 Å². The first-order valence-electron chi connectivity index (χ1n) is 4.98. The highest BCUT2D eigenvalue weighted by Crippen LogP contribution is 2.22. The summed E-state index contributed by atoms with van der Waals surface area (Å²) in [6, 6.07) is 3.18. The van der Waals surface area contributed by atoms with Crippen molar-refractivity contribution in [3.63, 3.8) is 0 Å². The molecule has 0 atom stereocenters. The van der Waals surface area contributed by atoms with Crippen LogP contribution in [0.4, 0.5) is 5.82 Å². The third-order valence-electron chi connectivity index (χ3n) is 1.93. The van der Waals surface area contributed by atoms with Gasteiger partial charge < -0.3 is 19.8 Å². The Kier molecular flexibility index (Phi) is 4.65. The lowest BCUT2D eigenvalue weighted by Gasteiger charge is -2.09. The van der Waals surface area contributed by atoms with Gasteiger partial charge in [0.05, 0.1) is 6.61 Å². The first-order chi connectivity index (χ1) is 7.61. The van der Waals surface area contributed by atoms with E-state index in [1.54, 1.807) is 12.1 Å². The first kappa shape index (κ1) is 12.4. The second-order valence-electron chi connectivity index (χ2n) is 3.59. The lowest BCUT2D eigenvalue weighted by atomic mass is 10.4. The number of nitro groups is 1. The maximum Gasteiger partial charge on any atom is 0.406 e. The van der Waals surface area contributed by atoms with Crippen LogP contribution in [-0.2, 0) is 0 Å². The van der Waals surface area contributed by atoms with Crippen molar-refractivity contribution in [1.82, 2.24) is 9.88 Å². The van der Waals surface area contributed by atoms with Crippen LogP contribution in [0.2, 0.25) is 0 Å². The number of pyridine rings is 1. The Morgan fingerprint density at radius 1 is 1.56 bits per heavy atom. The summed E-state index contributed by atoms with van der Waals surface area (Å²) in [6.45, 7) is 1.33. The van der Waals surface area contributed by atoms with Crippen molar-refractivity contribution in [3.8, 4) is 5.75 Å². The largest absolute Gasteiger partial charge is 0.486 e. The monoisotopic (exact) mass is 225 g/mol. The van der Waals surface area contributed by atoms with E-state index in [4.69, 9.17) is 4.74 Å². The maximum atomic E-state index is 10.6. The minimum Gasteiger partial charge on any atom is -0.486 e. The number of hydrogen-bond donors (Lipinski definition) is 0. The molecule has 1 aromatic heterocycles. The van der Waals surface area contributed by atoms with Crippen LogP contribution in [0.15, 0.2) is 18.3 Å². The summed E-state index contributed by atoms with van der Waals surface area (Å²) < 4.78 is 5.32. The molecule has 0 spiro atoms. The molecule has 0 aliphatic heterocycles. The fourth-order valence-corrected chi connectivity index (χ4v) is 1.19. The molecule has 0 radical (unpaired) electrons. The maximum absolute atomic E-state index is 10.6. The summed E-state index contributed by atoms with van der Waals surface area (Å²) in [4.78, 5) is 15.8. The van der Waals surface area contributed by atoms with Crippen LogP contribution in [0.25, 0.3) is 0 Å². The number of nitrogens with zero attached hydrogens (tertiary/aromatic N) is 3. The zero-order valence-corrected chi connectivity index (χ0v) is 9.42. The molecule has 1 heterocycles. The van der Waals surface area contributed by atoms with Gasteiger partial charge in [-0.25, -0.2) is 0 Å². The van der Waals surface area contributed by atoms with Gasteiger partial charge in [-0.15, -0.1) is 0 Å². The number of hydrogen-bond acceptors (Lipinski definition) is 5. The van der Waals surface area contributed by atoms with Crippen molar-refractivity contribution in [2.45, 2.75) is 6.42 Å². The standard InChI is InChI=1S/C10H15N3O3/c1-12(2)7-4-8-16-9-5-3-6-11-10(9)13(14)15/h3,5-6H,4,7-8H2,1-2H3. The van der Waals surface area contributed by atoms with Gasteiger partial charge in [-0.3, -0.25) is 0 Å².